The molecule has 0 rings (SSSR count). The summed E-state index contributed by atoms with van der Waals surface area (Å²) in [5.41, 5.74) is 0. The average molecular weight is 313 g/mol. The van der Waals surface area contributed by atoms with Gasteiger partial charge < -0.3 is 0 Å². The molecule has 0 aromatic rings. The molecule has 12 heteroatoms. The molecule has 1 unspecified atom stereocenters. The number of rotatable bonds is 4. The number of hydrogen-bond acceptors (Lipinski definition) is 7. The second kappa shape index (κ2) is 6.78. The zero-order valence-electron chi connectivity index (χ0n) is 5.43. The molecule has 67 valence electrons. The maximum Gasteiger partial charge on any atom is 0 e. The van der Waals surface area contributed by atoms with E-state index in [2.05, 4.69) is 7.89 Å². The van der Waals surface area contributed by atoms with Gasteiger partial charge in [-0.1, -0.05) is 0 Å². The molecule has 8 nitrogen and oxygen atoms in total. The molecule has 0 aromatic heterocycles. The Kier molecular flexibility index (Phi) is 8.95. The fourth-order valence-corrected chi connectivity index (χ4v) is 1.64. The van der Waals surface area contributed by atoms with Gasteiger partial charge in [-0.25, -0.2) is 0 Å². The van der Waals surface area contributed by atoms with Crippen LogP contribution in [0.1, 0.15) is 0 Å². The van der Waals surface area contributed by atoms with Gasteiger partial charge in [0.1, 0.15) is 0 Å². The molecule has 0 aliphatic carbocycles. The Morgan fingerprint density at radius 3 is 2.00 bits per heavy atom. The molecule has 0 fully saturated rings. The molecule has 0 amide bonds. The summed E-state index contributed by atoms with van der Waals surface area (Å²) in [5, 5.41) is 15.9. The fraction of sp³-hybridized carbons (Fsp3) is 0. The van der Waals surface area contributed by atoms with Crippen molar-refractivity contribution in [3.8, 4) is 0 Å². The van der Waals surface area contributed by atoms with Gasteiger partial charge in [0, 0.05) is 32.7 Å². The van der Waals surface area contributed by atoms with Gasteiger partial charge in [-0.2, -0.15) is 0 Å². The van der Waals surface area contributed by atoms with Crippen LogP contribution in [-0.4, -0.2) is 22.3 Å². The Morgan fingerprint density at radius 1 is 1.33 bits per heavy atom. The predicted molar refractivity (Wildman–Crippen MR) is 23.6 cm³/mol. The average Bonchev–Trinajstić information content (AvgIpc) is 1.53. The first-order chi connectivity index (χ1) is 4.83. The topological polar surface area (TPSA) is 130 Å². The standard InChI is InChI=1S/BH4O6P.2O.V.Y/c2-1(3)7-8(4,5)6;;;;/h2-3H,(H2,4,5,6);;;;/q;;;+1;/p-1. The van der Waals surface area contributed by atoms with Crippen molar-refractivity contribution in [2.75, 3.05) is 0 Å². The minimum absolute atomic E-state index is 0. The zero-order valence-corrected chi connectivity index (χ0v) is 10.6. The smallest absolute Gasteiger partial charge is 0 e. The van der Waals surface area contributed by atoms with E-state index in [1.54, 1.807) is 0 Å². The third-order valence-electron chi connectivity index (χ3n) is 0.397. The van der Waals surface area contributed by atoms with Crippen LogP contribution < -0.4 is 0 Å². The Hall–Kier alpha value is 1.38. The molecule has 0 saturated carbocycles. The first-order valence-electron chi connectivity index (χ1n) is 2.05. The van der Waals surface area contributed by atoms with Crippen LogP contribution in [0.4, 0.5) is 0 Å². The van der Waals surface area contributed by atoms with E-state index in [0.29, 0.717) is 0 Å². The van der Waals surface area contributed by atoms with E-state index in [1.807, 2.05) is 0 Å². The summed E-state index contributed by atoms with van der Waals surface area (Å²) in [6.07, 6.45) is 0. The van der Waals surface area contributed by atoms with Crippen molar-refractivity contribution < 1.29 is 82.9 Å². The van der Waals surface area contributed by atoms with Crippen LogP contribution in [0.15, 0.2) is 0 Å². The molecule has 0 aliphatic rings. The second-order valence-electron chi connectivity index (χ2n) is 1.21. The molecule has 1 atom stereocenters. The quantitative estimate of drug-likeness (QED) is 0.414. The monoisotopic (exact) mass is 313 g/mol. The molecule has 0 aromatic carbocycles. The van der Waals surface area contributed by atoms with Crippen molar-refractivity contribution in [2.45, 2.75) is 0 Å². The fourth-order valence-electron chi connectivity index (χ4n) is 0.223. The predicted octanol–water partition coefficient (Wildman–Crippen LogP) is -1.69. The Balaban J connectivity index is 0. The number of hydrogen-bond donors (Lipinski definition) is 3. The Morgan fingerprint density at radius 2 is 1.75 bits per heavy atom. The first kappa shape index (κ1) is 15.8. The summed E-state index contributed by atoms with van der Waals surface area (Å²) in [5.74, 6) is 0. The van der Waals surface area contributed by atoms with E-state index in [4.69, 9.17) is 14.9 Å². The molecule has 0 heterocycles. The molecule has 3 N–H and O–H groups in total. The van der Waals surface area contributed by atoms with Crippen molar-refractivity contribution in [1.82, 2.24) is 0 Å². The third-order valence-corrected chi connectivity index (χ3v) is 2.78. The Bertz CT molecular complexity index is 225. The molecule has 1 radical (unpaired) electrons. The van der Waals surface area contributed by atoms with Gasteiger partial charge in [0.2, 0.25) is 0 Å². The minimum Gasteiger partial charge on any atom is 0 e. The number of phosphoric acid groups is 1. The van der Waals surface area contributed by atoms with E-state index < -0.39 is 30.5 Å². The van der Waals surface area contributed by atoms with Gasteiger partial charge >= 0.3 is 65.3 Å². The van der Waals surface area contributed by atoms with Gasteiger partial charge in [-0.05, 0) is 0 Å². The van der Waals surface area contributed by atoms with Crippen molar-refractivity contribution in [2.24, 2.45) is 0 Å². The third kappa shape index (κ3) is 9.47. The van der Waals surface area contributed by atoms with Gasteiger partial charge in [-0.15, -0.1) is 0 Å². The van der Waals surface area contributed by atoms with Crippen LogP contribution in [-0.2, 0) is 67.9 Å². The largest absolute Gasteiger partial charge is 0 e. The van der Waals surface area contributed by atoms with E-state index in [-0.39, 0.29) is 32.7 Å². The van der Waals surface area contributed by atoms with Crippen LogP contribution in [0.25, 0.3) is 0 Å². The van der Waals surface area contributed by atoms with Gasteiger partial charge in [-0.3, -0.25) is 0 Å². The summed E-state index contributed by atoms with van der Waals surface area (Å²) in [7, 11) is -7.42. The normalized spacial score (nSPS) is 14.2. The van der Waals surface area contributed by atoms with E-state index in [9.17, 15) is 11.9 Å². The van der Waals surface area contributed by atoms with Gasteiger partial charge in [0.25, 0.3) is 0 Å². The van der Waals surface area contributed by atoms with E-state index in [0.717, 1.165) is 0 Å². The van der Waals surface area contributed by atoms with Crippen molar-refractivity contribution in [3.05, 3.63) is 0 Å². The molecular formula is H3BO8PVY. The van der Waals surface area contributed by atoms with Crippen molar-refractivity contribution >= 4 is 15.1 Å². The summed E-state index contributed by atoms with van der Waals surface area (Å²) < 4.78 is 36.4. The summed E-state index contributed by atoms with van der Waals surface area (Å²) >= 11 is -4.27. The minimum atomic E-state index is -4.86. The molecule has 0 aliphatic heterocycles. The molecule has 12 heavy (non-hydrogen) atoms. The zero-order chi connectivity index (χ0) is 9.07. The Labute approximate surface area is 97.3 Å². The molecule has 0 spiro atoms. The van der Waals surface area contributed by atoms with Gasteiger partial charge in [0.05, 0.1) is 0 Å². The molecule has 0 bridgehead atoms. The SMILES string of the molecule is [O]=[V](=[O])[O]P(=O)(O)OB(O)O.[Y]. The van der Waals surface area contributed by atoms with Crippen LogP contribution in [0.5, 0.6) is 0 Å². The van der Waals surface area contributed by atoms with Crippen LogP contribution >= 0.6 is 7.82 Å². The van der Waals surface area contributed by atoms with Gasteiger partial charge in [0.15, 0.2) is 0 Å². The maximum atomic E-state index is 10.3. The second-order valence-corrected chi connectivity index (χ2v) is 3.98. The summed E-state index contributed by atoms with van der Waals surface area (Å²) in [6, 6.07) is 0. The van der Waals surface area contributed by atoms with Crippen molar-refractivity contribution in [1.29, 1.82) is 0 Å². The summed E-state index contributed by atoms with van der Waals surface area (Å²) in [4.78, 5) is 8.28. The van der Waals surface area contributed by atoms with E-state index in [1.165, 1.54) is 0 Å². The molecule has 0 saturated heterocycles. The first-order valence-corrected chi connectivity index (χ1v) is 5.25. The van der Waals surface area contributed by atoms with Crippen LogP contribution in [0.2, 0.25) is 0 Å². The summed E-state index contributed by atoms with van der Waals surface area (Å²) in [6.45, 7) is 0. The van der Waals surface area contributed by atoms with Crippen LogP contribution in [0, 0.1) is 0 Å². The van der Waals surface area contributed by atoms with Crippen molar-refractivity contribution in [3.63, 3.8) is 0 Å². The van der Waals surface area contributed by atoms with E-state index >= 15 is 0 Å². The maximum absolute atomic E-state index is 10.3. The molecular weight excluding hydrogens is 310 g/mol. The van der Waals surface area contributed by atoms with Crippen LogP contribution in [0.3, 0.4) is 0 Å².